The van der Waals surface area contributed by atoms with Crippen molar-refractivity contribution in [2.45, 2.75) is 33.7 Å². The van der Waals surface area contributed by atoms with Crippen LogP contribution in [0.5, 0.6) is 5.75 Å². The van der Waals surface area contributed by atoms with Gasteiger partial charge in [-0.05, 0) is 55.7 Å². The van der Waals surface area contributed by atoms with Crippen LogP contribution in [0.25, 0.3) is 0 Å². The maximum Gasteiger partial charge on any atom is 0.329 e. The SMILES string of the molecule is CCOc1ccc(C(=O)N[C@H](C(=O)OCC(=O)Nc2ccc([N+](=O)[O-])cc2C)C(C)C)cc1. The summed E-state index contributed by atoms with van der Waals surface area (Å²) in [4.78, 5) is 47.5. The first-order chi connectivity index (χ1) is 15.6. The Balaban J connectivity index is 1.94. The fourth-order valence-electron chi connectivity index (χ4n) is 2.91. The number of nitro benzene ring substituents is 1. The second-order valence-corrected chi connectivity index (χ2v) is 7.56. The van der Waals surface area contributed by atoms with Crippen LogP contribution < -0.4 is 15.4 Å². The molecule has 0 saturated heterocycles. The number of carbonyl (C=O) groups is 3. The van der Waals surface area contributed by atoms with Gasteiger partial charge in [-0.25, -0.2) is 4.79 Å². The molecule has 0 saturated carbocycles. The fourth-order valence-corrected chi connectivity index (χ4v) is 2.91. The molecule has 0 aliphatic heterocycles. The van der Waals surface area contributed by atoms with Crippen LogP contribution in [0.1, 0.15) is 36.7 Å². The average molecular weight is 457 g/mol. The van der Waals surface area contributed by atoms with Gasteiger partial charge in [-0.3, -0.25) is 19.7 Å². The van der Waals surface area contributed by atoms with E-state index in [4.69, 9.17) is 9.47 Å². The molecule has 0 heterocycles. The number of ether oxygens (including phenoxy) is 2. The molecular weight excluding hydrogens is 430 g/mol. The summed E-state index contributed by atoms with van der Waals surface area (Å²) in [6.07, 6.45) is 0. The number of esters is 1. The predicted octanol–water partition coefficient (Wildman–Crippen LogP) is 3.24. The van der Waals surface area contributed by atoms with E-state index < -0.39 is 35.4 Å². The molecule has 0 bridgehead atoms. The molecule has 0 unspecified atom stereocenters. The Labute approximate surface area is 191 Å². The number of nitrogens with one attached hydrogen (secondary N) is 2. The minimum Gasteiger partial charge on any atom is -0.494 e. The summed E-state index contributed by atoms with van der Waals surface area (Å²) in [5, 5.41) is 16.0. The van der Waals surface area contributed by atoms with E-state index in [1.807, 2.05) is 6.92 Å². The highest BCUT2D eigenvalue weighted by Crippen LogP contribution is 2.21. The van der Waals surface area contributed by atoms with Crippen LogP contribution in [-0.2, 0) is 14.3 Å². The number of carbonyl (C=O) groups excluding carboxylic acids is 3. The number of non-ortho nitro benzene ring substituents is 1. The lowest BCUT2D eigenvalue weighted by molar-refractivity contribution is -0.384. The second kappa shape index (κ2) is 11.6. The van der Waals surface area contributed by atoms with E-state index in [1.54, 1.807) is 45.0 Å². The third-order valence-electron chi connectivity index (χ3n) is 4.68. The standard InChI is InChI=1S/C23H27N3O7/c1-5-32-18-9-6-16(7-10-18)22(28)25-21(14(2)3)23(29)33-13-20(27)24-19-11-8-17(26(30)31)12-15(19)4/h6-12,14,21H,5,13H2,1-4H3,(H,24,27)(H,25,28)/t21-/m0/s1. The number of amides is 2. The van der Waals surface area contributed by atoms with Crippen LogP contribution in [0.4, 0.5) is 11.4 Å². The molecular formula is C23H27N3O7. The number of hydrogen-bond donors (Lipinski definition) is 2. The van der Waals surface area contributed by atoms with Crippen LogP contribution in [0.3, 0.4) is 0 Å². The Morgan fingerprint density at radius 3 is 2.30 bits per heavy atom. The zero-order valence-corrected chi connectivity index (χ0v) is 18.9. The summed E-state index contributed by atoms with van der Waals surface area (Å²) >= 11 is 0. The predicted molar refractivity (Wildman–Crippen MR) is 121 cm³/mol. The zero-order chi connectivity index (χ0) is 24.5. The number of nitro groups is 1. The lowest BCUT2D eigenvalue weighted by atomic mass is 10.0. The number of anilines is 1. The van der Waals surface area contributed by atoms with Crippen LogP contribution in [0.15, 0.2) is 42.5 Å². The Hall–Kier alpha value is -3.95. The molecule has 0 spiro atoms. The van der Waals surface area contributed by atoms with Gasteiger partial charge >= 0.3 is 5.97 Å². The van der Waals surface area contributed by atoms with E-state index in [9.17, 15) is 24.5 Å². The monoisotopic (exact) mass is 457 g/mol. The molecule has 10 nitrogen and oxygen atoms in total. The Kier molecular flexibility index (Phi) is 8.90. The van der Waals surface area contributed by atoms with Crippen molar-refractivity contribution in [2.24, 2.45) is 5.92 Å². The van der Waals surface area contributed by atoms with Gasteiger partial charge in [0.05, 0.1) is 11.5 Å². The third-order valence-corrected chi connectivity index (χ3v) is 4.68. The number of rotatable bonds is 10. The van der Waals surface area contributed by atoms with E-state index >= 15 is 0 Å². The number of aryl methyl sites for hydroxylation is 1. The fraction of sp³-hybridized carbons (Fsp3) is 0.348. The summed E-state index contributed by atoms with van der Waals surface area (Å²) in [5.41, 5.74) is 1.11. The van der Waals surface area contributed by atoms with Crippen molar-refractivity contribution in [2.75, 3.05) is 18.5 Å². The van der Waals surface area contributed by atoms with Gasteiger partial charge < -0.3 is 20.1 Å². The van der Waals surface area contributed by atoms with Crippen molar-refractivity contribution in [1.29, 1.82) is 0 Å². The van der Waals surface area contributed by atoms with Crippen molar-refractivity contribution in [3.8, 4) is 5.75 Å². The maximum absolute atomic E-state index is 12.5. The Morgan fingerprint density at radius 1 is 1.09 bits per heavy atom. The lowest BCUT2D eigenvalue weighted by Gasteiger charge is -2.21. The minimum absolute atomic E-state index is 0.0972. The highest BCUT2D eigenvalue weighted by atomic mass is 16.6. The van der Waals surface area contributed by atoms with Gasteiger partial charge in [0.25, 0.3) is 17.5 Å². The van der Waals surface area contributed by atoms with E-state index in [2.05, 4.69) is 10.6 Å². The molecule has 0 aliphatic carbocycles. The molecule has 33 heavy (non-hydrogen) atoms. The van der Waals surface area contributed by atoms with Gasteiger partial charge in [0, 0.05) is 23.4 Å². The van der Waals surface area contributed by atoms with Gasteiger partial charge in [0.15, 0.2) is 6.61 Å². The quantitative estimate of drug-likeness (QED) is 0.317. The molecule has 2 aromatic carbocycles. The van der Waals surface area contributed by atoms with Gasteiger partial charge in [-0.1, -0.05) is 13.8 Å². The van der Waals surface area contributed by atoms with E-state index in [1.165, 1.54) is 18.2 Å². The molecule has 176 valence electrons. The first-order valence-corrected chi connectivity index (χ1v) is 10.4. The van der Waals surface area contributed by atoms with Gasteiger partial charge in [0.1, 0.15) is 11.8 Å². The maximum atomic E-state index is 12.5. The third kappa shape index (κ3) is 7.30. The Bertz CT molecular complexity index is 1020. The van der Waals surface area contributed by atoms with E-state index in [0.717, 1.165) is 0 Å². The zero-order valence-electron chi connectivity index (χ0n) is 18.9. The molecule has 2 amide bonds. The van der Waals surface area contributed by atoms with Crippen molar-refractivity contribution >= 4 is 29.2 Å². The number of hydrogen-bond acceptors (Lipinski definition) is 7. The summed E-state index contributed by atoms with van der Waals surface area (Å²) < 4.78 is 10.4. The van der Waals surface area contributed by atoms with Gasteiger partial charge in [-0.15, -0.1) is 0 Å². The average Bonchev–Trinajstić information content (AvgIpc) is 2.77. The first-order valence-electron chi connectivity index (χ1n) is 10.4. The smallest absolute Gasteiger partial charge is 0.329 e. The van der Waals surface area contributed by atoms with Crippen LogP contribution in [0, 0.1) is 23.0 Å². The second-order valence-electron chi connectivity index (χ2n) is 7.56. The largest absolute Gasteiger partial charge is 0.494 e. The summed E-state index contributed by atoms with van der Waals surface area (Å²) in [6.45, 7) is 6.88. The highest BCUT2D eigenvalue weighted by molar-refractivity contribution is 5.97. The van der Waals surface area contributed by atoms with Crippen LogP contribution >= 0.6 is 0 Å². The lowest BCUT2D eigenvalue weighted by Crippen LogP contribution is -2.45. The molecule has 2 N–H and O–H groups in total. The van der Waals surface area contributed by atoms with Gasteiger partial charge in [0.2, 0.25) is 0 Å². The van der Waals surface area contributed by atoms with E-state index in [-0.39, 0.29) is 11.6 Å². The summed E-state index contributed by atoms with van der Waals surface area (Å²) in [5.74, 6) is -1.48. The van der Waals surface area contributed by atoms with Crippen molar-refractivity contribution < 1.29 is 28.8 Å². The normalized spacial score (nSPS) is 11.4. The van der Waals surface area contributed by atoms with E-state index in [0.29, 0.717) is 29.2 Å². The summed E-state index contributed by atoms with van der Waals surface area (Å²) in [6, 6.07) is 9.52. The molecule has 0 fully saturated rings. The first kappa shape index (κ1) is 25.3. The molecule has 1 atom stereocenters. The molecule has 2 aromatic rings. The highest BCUT2D eigenvalue weighted by Gasteiger charge is 2.27. The molecule has 0 aliphatic rings. The number of nitrogens with zero attached hydrogens (tertiary/aromatic N) is 1. The van der Waals surface area contributed by atoms with Crippen molar-refractivity contribution in [1.82, 2.24) is 5.32 Å². The molecule has 0 aromatic heterocycles. The number of benzene rings is 2. The van der Waals surface area contributed by atoms with Crippen molar-refractivity contribution in [3.05, 3.63) is 63.7 Å². The minimum atomic E-state index is -0.960. The van der Waals surface area contributed by atoms with Crippen LogP contribution in [-0.4, -0.2) is 42.0 Å². The van der Waals surface area contributed by atoms with Crippen molar-refractivity contribution in [3.63, 3.8) is 0 Å². The molecule has 2 rings (SSSR count). The summed E-state index contributed by atoms with van der Waals surface area (Å²) in [7, 11) is 0. The van der Waals surface area contributed by atoms with Crippen LogP contribution in [0.2, 0.25) is 0 Å². The molecule has 10 heteroatoms. The topological polar surface area (TPSA) is 137 Å². The van der Waals surface area contributed by atoms with Gasteiger partial charge in [-0.2, -0.15) is 0 Å². The Morgan fingerprint density at radius 2 is 1.76 bits per heavy atom. The molecule has 0 radical (unpaired) electrons.